The van der Waals surface area contributed by atoms with E-state index in [-0.39, 0.29) is 28.1 Å². The third kappa shape index (κ3) is 3.94. The zero-order valence-electron chi connectivity index (χ0n) is 10.9. The predicted octanol–water partition coefficient (Wildman–Crippen LogP) is 2.73. The van der Waals surface area contributed by atoms with Crippen LogP contribution in [0.25, 0.3) is 0 Å². The Bertz CT molecular complexity index is 760. The smallest absolute Gasteiger partial charge is 0.242 e. The van der Waals surface area contributed by atoms with Crippen LogP contribution in [0.5, 0.6) is 0 Å². The van der Waals surface area contributed by atoms with E-state index in [1.54, 1.807) is 6.20 Å². The Hall–Kier alpha value is -0.700. The molecular weight excluding hydrogens is 355 g/mol. The molecule has 21 heavy (non-hydrogen) atoms. The molecule has 2 aromatic rings. The van der Waals surface area contributed by atoms with Crippen LogP contribution in [-0.4, -0.2) is 18.5 Å². The quantitative estimate of drug-likeness (QED) is 0.852. The highest BCUT2D eigenvalue weighted by Crippen LogP contribution is 2.28. The van der Waals surface area contributed by atoms with Crippen LogP contribution < -0.4 is 4.72 Å². The highest BCUT2D eigenvalue weighted by Gasteiger charge is 2.20. The van der Waals surface area contributed by atoms with E-state index in [1.165, 1.54) is 23.5 Å². The molecule has 0 fully saturated rings. The van der Waals surface area contributed by atoms with Crippen molar-refractivity contribution in [3.8, 4) is 0 Å². The number of aliphatic hydroxyl groups is 1. The fraction of sp³-hybridized carbons (Fsp3) is 0.250. The Morgan fingerprint density at radius 1 is 1.33 bits per heavy atom. The number of hydrogen-bond acceptors (Lipinski definition) is 5. The second-order valence-electron chi connectivity index (χ2n) is 4.20. The molecule has 1 aromatic heterocycles. The van der Waals surface area contributed by atoms with Crippen molar-refractivity contribution in [2.75, 3.05) is 0 Å². The molecule has 1 aromatic carbocycles. The molecule has 1 heterocycles. The second-order valence-corrected chi connectivity index (χ2v) is 8.07. The number of aryl methyl sites for hydroxylation is 1. The van der Waals surface area contributed by atoms with Crippen LogP contribution in [0, 0.1) is 6.92 Å². The first-order valence-corrected chi connectivity index (χ1v) is 8.89. The van der Waals surface area contributed by atoms with Crippen LogP contribution >= 0.6 is 34.5 Å². The minimum absolute atomic E-state index is 0.00480. The molecule has 2 rings (SSSR count). The van der Waals surface area contributed by atoms with E-state index < -0.39 is 10.0 Å². The van der Waals surface area contributed by atoms with Gasteiger partial charge in [-0.3, -0.25) is 0 Å². The molecule has 9 heteroatoms. The Balaban J connectivity index is 2.27. The molecule has 0 radical (unpaired) electrons. The Kier molecular flexibility index (Phi) is 5.24. The monoisotopic (exact) mass is 366 g/mol. The number of hydrogen-bond donors (Lipinski definition) is 2. The normalized spacial score (nSPS) is 11.8. The van der Waals surface area contributed by atoms with Crippen LogP contribution in [0.3, 0.4) is 0 Å². The molecule has 0 saturated heterocycles. The maximum absolute atomic E-state index is 12.3. The summed E-state index contributed by atoms with van der Waals surface area (Å²) in [5.74, 6) is 0. The van der Waals surface area contributed by atoms with Crippen LogP contribution in [0.15, 0.2) is 23.2 Å². The molecule has 0 saturated carbocycles. The number of halogens is 2. The molecule has 0 unspecified atom stereocenters. The summed E-state index contributed by atoms with van der Waals surface area (Å²) in [6.45, 7) is 1.60. The molecule has 114 valence electrons. The summed E-state index contributed by atoms with van der Waals surface area (Å²) in [6.07, 6.45) is 1.62. The average molecular weight is 367 g/mol. The number of nitrogens with one attached hydrogen (secondary N) is 1. The van der Waals surface area contributed by atoms with E-state index in [4.69, 9.17) is 28.3 Å². The van der Waals surface area contributed by atoms with E-state index in [0.717, 1.165) is 9.88 Å². The summed E-state index contributed by atoms with van der Waals surface area (Å²) >= 11 is 13.2. The van der Waals surface area contributed by atoms with Crippen molar-refractivity contribution in [3.05, 3.63) is 43.8 Å². The molecule has 0 aliphatic rings. The zero-order chi connectivity index (χ0) is 15.6. The Morgan fingerprint density at radius 3 is 2.62 bits per heavy atom. The molecule has 0 atom stereocenters. The number of aromatic nitrogens is 1. The largest absolute Gasteiger partial charge is 0.392 e. The Morgan fingerprint density at radius 2 is 2.05 bits per heavy atom. The van der Waals surface area contributed by atoms with E-state index >= 15 is 0 Å². The lowest BCUT2D eigenvalue weighted by Gasteiger charge is -2.10. The number of sulfonamides is 1. The summed E-state index contributed by atoms with van der Waals surface area (Å²) < 4.78 is 27.0. The molecular formula is C12H12Cl2N2O3S2. The number of aliphatic hydroxyl groups excluding tert-OH is 1. The highest BCUT2D eigenvalue weighted by molar-refractivity contribution is 7.89. The molecule has 0 aliphatic carbocycles. The van der Waals surface area contributed by atoms with Crippen LogP contribution in [0.4, 0.5) is 0 Å². The van der Waals surface area contributed by atoms with Crippen molar-refractivity contribution in [1.82, 2.24) is 9.71 Å². The average Bonchev–Trinajstić information content (AvgIpc) is 2.82. The minimum atomic E-state index is -3.80. The standard InChI is InChI=1S/C12H12Cl2N2O3S2/c1-7-15-4-9(20-7)5-16-21(18,19)12-2-8(6-17)10(13)3-11(12)14/h2-4,16-17H,5-6H2,1H3. The summed E-state index contributed by atoms with van der Waals surface area (Å²) in [4.78, 5) is 4.74. The van der Waals surface area contributed by atoms with Gasteiger partial charge in [0.15, 0.2) is 0 Å². The summed E-state index contributed by atoms with van der Waals surface area (Å²) in [5, 5.41) is 10.2. The highest BCUT2D eigenvalue weighted by atomic mass is 35.5. The summed E-state index contributed by atoms with van der Waals surface area (Å²) in [7, 11) is -3.80. The number of thiazole rings is 1. The van der Waals surface area contributed by atoms with Crippen molar-refractivity contribution in [2.24, 2.45) is 0 Å². The van der Waals surface area contributed by atoms with E-state index in [2.05, 4.69) is 9.71 Å². The van der Waals surface area contributed by atoms with Crippen molar-refractivity contribution in [1.29, 1.82) is 0 Å². The lowest BCUT2D eigenvalue weighted by Crippen LogP contribution is -2.23. The zero-order valence-corrected chi connectivity index (χ0v) is 14.1. The third-order valence-corrected chi connectivity index (χ3v) is 5.80. The third-order valence-electron chi connectivity index (χ3n) is 2.67. The van der Waals surface area contributed by atoms with Gasteiger partial charge in [-0.1, -0.05) is 23.2 Å². The lowest BCUT2D eigenvalue weighted by molar-refractivity contribution is 0.281. The van der Waals surface area contributed by atoms with Gasteiger partial charge >= 0.3 is 0 Å². The summed E-state index contributed by atoms with van der Waals surface area (Å²) in [5.41, 5.74) is 0.301. The Labute approximate surface area is 136 Å². The molecule has 5 nitrogen and oxygen atoms in total. The van der Waals surface area contributed by atoms with E-state index in [9.17, 15) is 8.42 Å². The predicted molar refractivity (Wildman–Crippen MR) is 83.3 cm³/mol. The van der Waals surface area contributed by atoms with Gasteiger partial charge in [0.1, 0.15) is 4.90 Å². The van der Waals surface area contributed by atoms with Gasteiger partial charge in [-0.25, -0.2) is 18.1 Å². The molecule has 0 amide bonds. The van der Waals surface area contributed by atoms with Gasteiger partial charge in [-0.15, -0.1) is 11.3 Å². The second kappa shape index (κ2) is 6.60. The number of benzene rings is 1. The fourth-order valence-electron chi connectivity index (χ4n) is 1.63. The van der Waals surface area contributed by atoms with Crippen LogP contribution in [-0.2, 0) is 23.2 Å². The topological polar surface area (TPSA) is 79.3 Å². The van der Waals surface area contributed by atoms with Crippen molar-refractivity contribution in [3.63, 3.8) is 0 Å². The van der Waals surface area contributed by atoms with E-state index in [1.807, 2.05) is 6.92 Å². The SMILES string of the molecule is Cc1ncc(CNS(=O)(=O)c2cc(CO)c(Cl)cc2Cl)s1. The minimum Gasteiger partial charge on any atom is -0.392 e. The van der Waals surface area contributed by atoms with Crippen molar-refractivity contribution >= 4 is 44.6 Å². The molecule has 0 bridgehead atoms. The van der Waals surface area contributed by atoms with Crippen LogP contribution in [0.2, 0.25) is 10.0 Å². The summed E-state index contributed by atoms with van der Waals surface area (Å²) in [6, 6.07) is 2.57. The van der Waals surface area contributed by atoms with Gasteiger partial charge in [-0.2, -0.15) is 0 Å². The first kappa shape index (κ1) is 16.7. The first-order chi connectivity index (χ1) is 9.83. The van der Waals surface area contributed by atoms with Crippen molar-refractivity contribution < 1.29 is 13.5 Å². The van der Waals surface area contributed by atoms with Gasteiger partial charge in [-0.05, 0) is 24.6 Å². The number of rotatable bonds is 5. The maximum atomic E-state index is 12.3. The van der Waals surface area contributed by atoms with Gasteiger partial charge in [0.25, 0.3) is 0 Å². The lowest BCUT2D eigenvalue weighted by atomic mass is 10.2. The first-order valence-electron chi connectivity index (χ1n) is 5.83. The number of nitrogens with zero attached hydrogens (tertiary/aromatic N) is 1. The maximum Gasteiger partial charge on any atom is 0.242 e. The van der Waals surface area contributed by atoms with Crippen LogP contribution in [0.1, 0.15) is 15.4 Å². The van der Waals surface area contributed by atoms with Crippen molar-refractivity contribution in [2.45, 2.75) is 25.0 Å². The van der Waals surface area contributed by atoms with Gasteiger partial charge in [0.2, 0.25) is 10.0 Å². The molecule has 2 N–H and O–H groups in total. The van der Waals surface area contributed by atoms with Gasteiger partial charge in [0.05, 0.1) is 16.6 Å². The van der Waals surface area contributed by atoms with E-state index in [0.29, 0.717) is 5.56 Å². The molecule has 0 spiro atoms. The fourth-order valence-corrected chi connectivity index (χ4v) is 4.32. The molecule has 0 aliphatic heterocycles. The van der Waals surface area contributed by atoms with Gasteiger partial charge < -0.3 is 5.11 Å². The van der Waals surface area contributed by atoms with Gasteiger partial charge in [0, 0.05) is 22.6 Å².